The predicted molar refractivity (Wildman–Crippen MR) is 65.4 cm³/mol. The number of amides is 3. The van der Waals surface area contributed by atoms with Gasteiger partial charge in [-0.3, -0.25) is 19.3 Å². The van der Waals surface area contributed by atoms with E-state index in [-0.39, 0.29) is 23.8 Å². The first-order valence-corrected chi connectivity index (χ1v) is 6.37. The molecule has 1 heterocycles. The molecule has 1 fully saturated rings. The Morgan fingerprint density at radius 1 is 1.22 bits per heavy atom. The van der Waals surface area contributed by atoms with Gasteiger partial charge in [0.2, 0.25) is 5.91 Å². The molecular formula is C13H18N2O3. The molecular weight excluding hydrogens is 232 g/mol. The Bertz CT molecular complexity index is 377. The standard InChI is InChI=1S/C13H18N2O3/c1-9(16)14-11-4-2-10(3-5-11)8-15-12(17)6-7-13(15)18/h6-7,10-11H,2-5,8H2,1H3,(H,14,16). The van der Waals surface area contributed by atoms with Crippen LogP contribution in [0.2, 0.25) is 0 Å². The van der Waals surface area contributed by atoms with E-state index in [1.807, 2.05) is 0 Å². The highest BCUT2D eigenvalue weighted by Gasteiger charge is 2.29. The second-order valence-corrected chi connectivity index (χ2v) is 5.04. The van der Waals surface area contributed by atoms with Gasteiger partial charge in [0, 0.05) is 31.7 Å². The Labute approximate surface area is 106 Å². The zero-order valence-corrected chi connectivity index (χ0v) is 10.5. The smallest absolute Gasteiger partial charge is 0.253 e. The van der Waals surface area contributed by atoms with Crippen molar-refractivity contribution in [1.29, 1.82) is 0 Å². The fourth-order valence-corrected chi connectivity index (χ4v) is 2.65. The molecule has 0 aromatic rings. The first-order chi connectivity index (χ1) is 8.56. The third-order valence-electron chi connectivity index (χ3n) is 3.60. The molecule has 0 atom stereocenters. The van der Waals surface area contributed by atoms with Crippen LogP contribution in [0.4, 0.5) is 0 Å². The molecule has 3 amide bonds. The van der Waals surface area contributed by atoms with Crippen molar-refractivity contribution < 1.29 is 14.4 Å². The molecule has 0 spiro atoms. The highest BCUT2D eigenvalue weighted by atomic mass is 16.2. The Morgan fingerprint density at radius 3 is 2.28 bits per heavy atom. The molecule has 2 rings (SSSR count). The van der Waals surface area contributed by atoms with Crippen molar-refractivity contribution in [1.82, 2.24) is 10.2 Å². The molecule has 0 radical (unpaired) electrons. The lowest BCUT2D eigenvalue weighted by Crippen LogP contribution is -2.40. The first-order valence-electron chi connectivity index (χ1n) is 6.37. The van der Waals surface area contributed by atoms with E-state index in [2.05, 4.69) is 5.32 Å². The Kier molecular flexibility index (Phi) is 3.79. The summed E-state index contributed by atoms with van der Waals surface area (Å²) < 4.78 is 0. The highest BCUT2D eigenvalue weighted by molar-refractivity contribution is 6.12. The van der Waals surface area contributed by atoms with E-state index >= 15 is 0 Å². The average molecular weight is 250 g/mol. The van der Waals surface area contributed by atoms with Crippen molar-refractivity contribution in [2.24, 2.45) is 5.92 Å². The van der Waals surface area contributed by atoms with Gasteiger partial charge >= 0.3 is 0 Å². The SMILES string of the molecule is CC(=O)NC1CCC(CN2C(=O)C=CC2=O)CC1. The maximum Gasteiger partial charge on any atom is 0.253 e. The highest BCUT2D eigenvalue weighted by Crippen LogP contribution is 2.26. The Morgan fingerprint density at radius 2 is 1.78 bits per heavy atom. The van der Waals surface area contributed by atoms with E-state index < -0.39 is 0 Å². The maximum atomic E-state index is 11.4. The number of hydrogen-bond acceptors (Lipinski definition) is 3. The normalized spacial score (nSPS) is 27.7. The third-order valence-corrected chi connectivity index (χ3v) is 3.60. The van der Waals surface area contributed by atoms with Gasteiger partial charge in [0.1, 0.15) is 0 Å². The summed E-state index contributed by atoms with van der Waals surface area (Å²) in [5, 5.41) is 2.91. The summed E-state index contributed by atoms with van der Waals surface area (Å²) in [5.74, 6) is -0.0386. The van der Waals surface area contributed by atoms with Gasteiger partial charge in [0.15, 0.2) is 0 Å². The lowest BCUT2D eigenvalue weighted by Gasteiger charge is -2.30. The van der Waals surface area contributed by atoms with Crippen LogP contribution < -0.4 is 5.32 Å². The number of nitrogens with one attached hydrogen (secondary N) is 1. The lowest BCUT2D eigenvalue weighted by atomic mass is 9.85. The molecule has 0 aromatic carbocycles. The molecule has 5 heteroatoms. The number of nitrogens with zero attached hydrogens (tertiary/aromatic N) is 1. The van der Waals surface area contributed by atoms with Crippen LogP contribution in [0, 0.1) is 5.92 Å². The van der Waals surface area contributed by atoms with Gasteiger partial charge in [-0.1, -0.05) is 0 Å². The number of imide groups is 1. The Balaban J connectivity index is 1.79. The minimum atomic E-state index is -0.205. The summed E-state index contributed by atoms with van der Waals surface area (Å²) in [5.41, 5.74) is 0. The van der Waals surface area contributed by atoms with Crippen molar-refractivity contribution in [3.63, 3.8) is 0 Å². The number of carbonyl (C=O) groups excluding carboxylic acids is 3. The van der Waals surface area contributed by atoms with E-state index in [4.69, 9.17) is 0 Å². The zero-order valence-electron chi connectivity index (χ0n) is 10.5. The minimum Gasteiger partial charge on any atom is -0.354 e. The summed E-state index contributed by atoms with van der Waals surface area (Å²) in [7, 11) is 0. The topological polar surface area (TPSA) is 66.5 Å². The molecule has 1 aliphatic heterocycles. The first kappa shape index (κ1) is 12.8. The van der Waals surface area contributed by atoms with Crippen molar-refractivity contribution in [3.05, 3.63) is 12.2 Å². The van der Waals surface area contributed by atoms with Gasteiger partial charge in [-0.25, -0.2) is 0 Å². The number of rotatable bonds is 3. The molecule has 0 bridgehead atoms. The zero-order chi connectivity index (χ0) is 13.1. The summed E-state index contributed by atoms with van der Waals surface area (Å²) >= 11 is 0. The Hall–Kier alpha value is -1.65. The second kappa shape index (κ2) is 5.33. The van der Waals surface area contributed by atoms with E-state index in [1.54, 1.807) is 0 Å². The van der Waals surface area contributed by atoms with Gasteiger partial charge in [-0.2, -0.15) is 0 Å². The molecule has 0 aromatic heterocycles. The summed E-state index contributed by atoms with van der Waals surface area (Å²) in [6.45, 7) is 2.04. The van der Waals surface area contributed by atoms with Gasteiger partial charge in [0.25, 0.3) is 11.8 Å². The molecule has 18 heavy (non-hydrogen) atoms. The van der Waals surface area contributed by atoms with Crippen LogP contribution >= 0.6 is 0 Å². The summed E-state index contributed by atoms with van der Waals surface area (Å²) in [4.78, 5) is 35.1. The van der Waals surface area contributed by atoms with Crippen LogP contribution in [0.15, 0.2) is 12.2 Å². The third kappa shape index (κ3) is 2.97. The fourth-order valence-electron chi connectivity index (χ4n) is 2.65. The average Bonchev–Trinajstić information content (AvgIpc) is 2.63. The number of carbonyl (C=O) groups is 3. The largest absolute Gasteiger partial charge is 0.354 e. The van der Waals surface area contributed by atoms with Crippen molar-refractivity contribution in [2.45, 2.75) is 38.6 Å². The van der Waals surface area contributed by atoms with Crippen LogP contribution in [0.1, 0.15) is 32.6 Å². The molecule has 2 aliphatic rings. The van der Waals surface area contributed by atoms with Gasteiger partial charge < -0.3 is 5.32 Å². The van der Waals surface area contributed by atoms with Crippen LogP contribution in [0.3, 0.4) is 0 Å². The molecule has 0 unspecified atom stereocenters. The van der Waals surface area contributed by atoms with Crippen molar-refractivity contribution in [3.8, 4) is 0 Å². The molecule has 1 saturated carbocycles. The summed E-state index contributed by atoms with van der Waals surface area (Å²) in [6.07, 6.45) is 6.39. The quantitative estimate of drug-likeness (QED) is 0.746. The van der Waals surface area contributed by atoms with Crippen molar-refractivity contribution in [2.75, 3.05) is 6.54 Å². The van der Waals surface area contributed by atoms with Crippen LogP contribution in [0.5, 0.6) is 0 Å². The summed E-state index contributed by atoms with van der Waals surface area (Å²) in [6, 6.07) is 0.252. The molecule has 1 N–H and O–H groups in total. The molecule has 1 aliphatic carbocycles. The fraction of sp³-hybridized carbons (Fsp3) is 0.615. The van der Waals surface area contributed by atoms with Crippen LogP contribution in [-0.4, -0.2) is 35.2 Å². The van der Waals surface area contributed by atoms with Crippen LogP contribution in [0.25, 0.3) is 0 Å². The minimum absolute atomic E-state index is 0.00699. The van der Waals surface area contributed by atoms with E-state index in [1.165, 1.54) is 24.0 Å². The molecule has 5 nitrogen and oxygen atoms in total. The van der Waals surface area contributed by atoms with Crippen LogP contribution in [-0.2, 0) is 14.4 Å². The van der Waals surface area contributed by atoms with E-state index in [9.17, 15) is 14.4 Å². The molecule has 98 valence electrons. The predicted octanol–water partition coefficient (Wildman–Crippen LogP) is 0.606. The van der Waals surface area contributed by atoms with Gasteiger partial charge in [0.05, 0.1) is 0 Å². The van der Waals surface area contributed by atoms with E-state index in [0.29, 0.717) is 12.5 Å². The van der Waals surface area contributed by atoms with Crippen molar-refractivity contribution >= 4 is 17.7 Å². The second-order valence-electron chi connectivity index (χ2n) is 5.04. The molecule has 0 saturated heterocycles. The van der Waals surface area contributed by atoms with E-state index in [0.717, 1.165) is 25.7 Å². The maximum absolute atomic E-state index is 11.4. The lowest BCUT2D eigenvalue weighted by molar-refractivity contribution is -0.137. The van der Waals surface area contributed by atoms with Gasteiger partial charge in [-0.05, 0) is 31.6 Å². The van der Waals surface area contributed by atoms with Gasteiger partial charge in [-0.15, -0.1) is 0 Å². The number of hydrogen-bond donors (Lipinski definition) is 1. The monoisotopic (exact) mass is 250 g/mol.